The highest BCUT2D eigenvalue weighted by molar-refractivity contribution is 5.88. The van der Waals surface area contributed by atoms with E-state index < -0.39 is 5.97 Å². The van der Waals surface area contributed by atoms with Gasteiger partial charge < -0.3 is 10.2 Å². The van der Waals surface area contributed by atoms with Crippen LogP contribution in [0.5, 0.6) is 5.75 Å². The van der Waals surface area contributed by atoms with E-state index in [2.05, 4.69) is 5.10 Å². The Kier molecular flexibility index (Phi) is 1.80. The Hall–Kier alpha value is -1.52. The molecule has 1 rings (SSSR count). The summed E-state index contributed by atoms with van der Waals surface area (Å²) in [5.41, 5.74) is -0.160. The largest absolute Gasteiger partial charge is 0.504 e. The average molecular weight is 156 g/mol. The second-order valence-corrected chi connectivity index (χ2v) is 2.00. The lowest BCUT2D eigenvalue weighted by atomic mass is 10.4. The van der Waals surface area contributed by atoms with Crippen LogP contribution < -0.4 is 0 Å². The molecule has 2 N–H and O–H groups in total. The molecular weight excluding hydrogens is 148 g/mol. The van der Waals surface area contributed by atoms with Crippen LogP contribution in [0.25, 0.3) is 0 Å². The van der Waals surface area contributed by atoms with Gasteiger partial charge in [-0.1, -0.05) is 0 Å². The molecule has 0 fully saturated rings. The Morgan fingerprint density at radius 1 is 1.82 bits per heavy atom. The zero-order valence-electron chi connectivity index (χ0n) is 5.98. The maximum Gasteiger partial charge on any atom is 0.358 e. The maximum absolute atomic E-state index is 10.4. The first-order valence-corrected chi connectivity index (χ1v) is 3.15. The summed E-state index contributed by atoms with van der Waals surface area (Å²) in [7, 11) is 0. The van der Waals surface area contributed by atoms with E-state index in [0.717, 1.165) is 6.20 Å². The van der Waals surface area contributed by atoms with E-state index in [-0.39, 0.29) is 11.4 Å². The van der Waals surface area contributed by atoms with Gasteiger partial charge in [0.2, 0.25) is 0 Å². The number of aryl methyl sites for hydroxylation is 1. The van der Waals surface area contributed by atoms with Crippen molar-refractivity contribution in [3.05, 3.63) is 11.9 Å². The van der Waals surface area contributed by atoms with Crippen LogP contribution in [-0.4, -0.2) is 26.0 Å². The fraction of sp³-hybridized carbons (Fsp3) is 0.333. The van der Waals surface area contributed by atoms with Gasteiger partial charge in [-0.3, -0.25) is 4.68 Å². The molecule has 60 valence electrons. The number of aromatic hydroxyl groups is 1. The van der Waals surface area contributed by atoms with Crippen LogP contribution in [0, 0.1) is 0 Å². The number of aromatic nitrogens is 2. The number of carboxylic acid groups (broad SMARTS) is 1. The standard InChI is InChI=1S/C6H8N2O3/c1-2-8-5(6(10)11)4(9)3-7-8/h3,9H,2H2,1H3,(H,10,11). The van der Waals surface area contributed by atoms with Gasteiger partial charge in [0, 0.05) is 6.54 Å². The number of hydrogen-bond donors (Lipinski definition) is 2. The van der Waals surface area contributed by atoms with Crippen LogP contribution in [0.2, 0.25) is 0 Å². The third kappa shape index (κ3) is 1.17. The Morgan fingerprint density at radius 3 is 2.82 bits per heavy atom. The molecule has 0 aliphatic carbocycles. The van der Waals surface area contributed by atoms with Crippen molar-refractivity contribution < 1.29 is 15.0 Å². The number of aromatic carboxylic acids is 1. The van der Waals surface area contributed by atoms with Crippen molar-refractivity contribution in [3.63, 3.8) is 0 Å². The maximum atomic E-state index is 10.4. The quantitative estimate of drug-likeness (QED) is 0.646. The smallest absolute Gasteiger partial charge is 0.358 e. The minimum Gasteiger partial charge on any atom is -0.504 e. The fourth-order valence-corrected chi connectivity index (χ4v) is 0.835. The second-order valence-electron chi connectivity index (χ2n) is 2.00. The van der Waals surface area contributed by atoms with Gasteiger partial charge in [-0.15, -0.1) is 0 Å². The van der Waals surface area contributed by atoms with Crippen LogP contribution >= 0.6 is 0 Å². The predicted octanol–water partition coefficient (Wildman–Crippen LogP) is 0.307. The van der Waals surface area contributed by atoms with Gasteiger partial charge >= 0.3 is 5.97 Å². The summed E-state index contributed by atoms with van der Waals surface area (Å²) in [6.07, 6.45) is 1.12. The second kappa shape index (κ2) is 2.61. The van der Waals surface area contributed by atoms with E-state index in [1.165, 1.54) is 4.68 Å². The highest BCUT2D eigenvalue weighted by atomic mass is 16.4. The zero-order chi connectivity index (χ0) is 8.43. The Balaban J connectivity index is 3.17. The summed E-state index contributed by atoms with van der Waals surface area (Å²) in [5, 5.41) is 21.2. The van der Waals surface area contributed by atoms with E-state index in [0.29, 0.717) is 6.54 Å². The lowest BCUT2D eigenvalue weighted by Gasteiger charge is -1.97. The first-order chi connectivity index (χ1) is 5.16. The van der Waals surface area contributed by atoms with Gasteiger partial charge in [0.1, 0.15) is 0 Å². The van der Waals surface area contributed by atoms with Crippen LogP contribution in [-0.2, 0) is 6.54 Å². The molecule has 0 bridgehead atoms. The minimum absolute atomic E-state index is 0.160. The SMILES string of the molecule is CCn1ncc(O)c1C(=O)O. The third-order valence-electron chi connectivity index (χ3n) is 1.32. The van der Waals surface area contributed by atoms with Gasteiger partial charge in [0.15, 0.2) is 11.4 Å². The summed E-state index contributed by atoms with van der Waals surface area (Å²) in [6.45, 7) is 2.18. The predicted molar refractivity (Wildman–Crippen MR) is 36.5 cm³/mol. The van der Waals surface area contributed by atoms with Crippen molar-refractivity contribution in [1.29, 1.82) is 0 Å². The summed E-state index contributed by atoms with van der Waals surface area (Å²) in [5.74, 6) is -1.46. The summed E-state index contributed by atoms with van der Waals surface area (Å²) in [4.78, 5) is 10.4. The molecule has 11 heavy (non-hydrogen) atoms. The lowest BCUT2D eigenvalue weighted by Crippen LogP contribution is -2.08. The van der Waals surface area contributed by atoms with Gasteiger partial charge in [0.25, 0.3) is 0 Å². The van der Waals surface area contributed by atoms with Gasteiger partial charge in [-0.2, -0.15) is 5.10 Å². The number of carbonyl (C=O) groups is 1. The molecular formula is C6H8N2O3. The Morgan fingerprint density at radius 2 is 2.45 bits per heavy atom. The lowest BCUT2D eigenvalue weighted by molar-refractivity contribution is 0.0680. The molecule has 0 saturated carbocycles. The molecule has 1 aromatic heterocycles. The zero-order valence-corrected chi connectivity index (χ0v) is 5.98. The van der Waals surface area contributed by atoms with Crippen LogP contribution in [0.15, 0.2) is 6.20 Å². The van der Waals surface area contributed by atoms with E-state index >= 15 is 0 Å². The van der Waals surface area contributed by atoms with Crippen molar-refractivity contribution in [2.75, 3.05) is 0 Å². The van der Waals surface area contributed by atoms with Gasteiger partial charge in [-0.25, -0.2) is 4.79 Å². The Labute approximate surface area is 62.9 Å². The fourth-order valence-electron chi connectivity index (χ4n) is 0.835. The molecule has 5 heteroatoms. The molecule has 5 nitrogen and oxygen atoms in total. The molecule has 0 radical (unpaired) electrons. The van der Waals surface area contributed by atoms with Crippen molar-refractivity contribution in [2.45, 2.75) is 13.5 Å². The molecule has 0 aliphatic rings. The van der Waals surface area contributed by atoms with Gasteiger partial charge in [0.05, 0.1) is 6.20 Å². The van der Waals surface area contributed by atoms with Gasteiger partial charge in [-0.05, 0) is 6.92 Å². The van der Waals surface area contributed by atoms with E-state index in [1.54, 1.807) is 6.92 Å². The van der Waals surface area contributed by atoms with E-state index in [4.69, 9.17) is 10.2 Å². The Bertz CT molecular complexity index is 279. The molecule has 1 heterocycles. The van der Waals surface area contributed by atoms with Crippen molar-refractivity contribution in [2.24, 2.45) is 0 Å². The number of rotatable bonds is 2. The highest BCUT2D eigenvalue weighted by Gasteiger charge is 2.15. The number of nitrogens with zero attached hydrogens (tertiary/aromatic N) is 2. The van der Waals surface area contributed by atoms with E-state index in [1.807, 2.05) is 0 Å². The van der Waals surface area contributed by atoms with Crippen LogP contribution in [0.4, 0.5) is 0 Å². The van der Waals surface area contributed by atoms with Crippen LogP contribution in [0.3, 0.4) is 0 Å². The van der Waals surface area contributed by atoms with Crippen molar-refractivity contribution in [3.8, 4) is 5.75 Å². The van der Waals surface area contributed by atoms with E-state index in [9.17, 15) is 4.79 Å². The molecule has 0 saturated heterocycles. The molecule has 0 aromatic carbocycles. The summed E-state index contributed by atoms with van der Waals surface area (Å²) in [6, 6.07) is 0. The highest BCUT2D eigenvalue weighted by Crippen LogP contribution is 2.14. The molecule has 0 spiro atoms. The van der Waals surface area contributed by atoms with Crippen LogP contribution in [0.1, 0.15) is 17.4 Å². The normalized spacial score (nSPS) is 9.91. The topological polar surface area (TPSA) is 75.3 Å². The van der Waals surface area contributed by atoms with Crippen molar-refractivity contribution in [1.82, 2.24) is 9.78 Å². The number of carboxylic acids is 1. The minimum atomic E-state index is -1.16. The first-order valence-electron chi connectivity index (χ1n) is 3.15. The van der Waals surface area contributed by atoms with Crippen molar-refractivity contribution >= 4 is 5.97 Å². The molecule has 1 aromatic rings. The summed E-state index contributed by atoms with van der Waals surface area (Å²) >= 11 is 0. The molecule has 0 atom stereocenters. The first kappa shape index (κ1) is 7.59. The third-order valence-corrected chi connectivity index (χ3v) is 1.32. The molecule has 0 amide bonds. The monoisotopic (exact) mass is 156 g/mol. The molecule has 0 aliphatic heterocycles. The number of hydrogen-bond acceptors (Lipinski definition) is 3. The summed E-state index contributed by atoms with van der Waals surface area (Å²) < 4.78 is 1.22. The average Bonchev–Trinajstić information content (AvgIpc) is 2.30. The molecule has 0 unspecified atom stereocenters.